The number of hydrogen-bond donors (Lipinski definition) is 2. The Morgan fingerprint density at radius 2 is 2.06 bits per heavy atom. The molecule has 17 heavy (non-hydrogen) atoms. The first-order valence-corrected chi connectivity index (χ1v) is 6.44. The van der Waals surface area contributed by atoms with Crippen LogP contribution in [-0.2, 0) is 9.53 Å². The maximum atomic E-state index is 11.5. The highest BCUT2D eigenvalue weighted by molar-refractivity contribution is 6.18. The van der Waals surface area contributed by atoms with Crippen LogP contribution in [0.25, 0.3) is 0 Å². The highest BCUT2D eigenvalue weighted by atomic mass is 35.5. The van der Waals surface area contributed by atoms with Crippen molar-refractivity contribution in [3.63, 3.8) is 0 Å². The number of hydrogen-bond acceptors (Lipinski definition) is 3. The van der Waals surface area contributed by atoms with E-state index in [-0.39, 0.29) is 24.1 Å². The van der Waals surface area contributed by atoms with Crippen LogP contribution in [-0.4, -0.2) is 36.6 Å². The first-order chi connectivity index (χ1) is 8.13. The molecular formula is C11H19ClN2O3. The van der Waals surface area contributed by atoms with Crippen molar-refractivity contribution in [3.8, 4) is 0 Å². The van der Waals surface area contributed by atoms with E-state index in [1.807, 2.05) is 0 Å². The summed E-state index contributed by atoms with van der Waals surface area (Å²) in [5.74, 6) is 0.0794. The lowest BCUT2D eigenvalue weighted by molar-refractivity contribution is -0.149. The molecule has 0 aromatic rings. The number of alkyl halides is 1. The van der Waals surface area contributed by atoms with Gasteiger partial charge in [-0.15, -0.1) is 11.6 Å². The number of esters is 1. The van der Waals surface area contributed by atoms with Crippen molar-refractivity contribution >= 4 is 23.6 Å². The van der Waals surface area contributed by atoms with E-state index in [0.717, 1.165) is 25.7 Å². The van der Waals surface area contributed by atoms with Crippen LogP contribution in [0, 0.1) is 0 Å². The molecule has 0 heterocycles. The Balaban J connectivity index is 2.41. The van der Waals surface area contributed by atoms with Crippen LogP contribution < -0.4 is 10.6 Å². The van der Waals surface area contributed by atoms with Gasteiger partial charge in [0.05, 0.1) is 6.04 Å². The van der Waals surface area contributed by atoms with Crippen LogP contribution in [0.4, 0.5) is 4.79 Å². The molecule has 1 rings (SSSR count). The molecule has 2 amide bonds. The molecule has 1 fully saturated rings. The van der Waals surface area contributed by atoms with Crippen LogP contribution in [0.1, 0.15) is 32.6 Å². The van der Waals surface area contributed by atoms with Gasteiger partial charge < -0.3 is 15.4 Å². The van der Waals surface area contributed by atoms with Crippen LogP contribution in [0.3, 0.4) is 0 Å². The summed E-state index contributed by atoms with van der Waals surface area (Å²) in [7, 11) is 0. The zero-order valence-electron chi connectivity index (χ0n) is 10.0. The molecule has 5 nitrogen and oxygen atoms in total. The lowest BCUT2D eigenvalue weighted by atomic mass is 9.92. The fraction of sp³-hybridized carbons (Fsp3) is 0.818. The van der Waals surface area contributed by atoms with E-state index in [9.17, 15) is 9.59 Å². The lowest BCUT2D eigenvalue weighted by Crippen LogP contribution is -2.50. The third-order valence-electron chi connectivity index (χ3n) is 2.72. The van der Waals surface area contributed by atoms with E-state index in [4.69, 9.17) is 16.3 Å². The summed E-state index contributed by atoms with van der Waals surface area (Å²) < 4.78 is 5.20. The van der Waals surface area contributed by atoms with Gasteiger partial charge in [0.1, 0.15) is 6.10 Å². The summed E-state index contributed by atoms with van der Waals surface area (Å²) in [5.41, 5.74) is 0. The summed E-state index contributed by atoms with van der Waals surface area (Å²) in [6, 6.07) is -0.349. The number of halogens is 1. The third kappa shape index (κ3) is 5.26. The molecule has 0 aromatic carbocycles. The van der Waals surface area contributed by atoms with Gasteiger partial charge in [-0.1, -0.05) is 6.42 Å². The molecule has 0 saturated heterocycles. The summed E-state index contributed by atoms with van der Waals surface area (Å²) in [5, 5.41) is 5.45. The zero-order valence-corrected chi connectivity index (χ0v) is 10.8. The summed E-state index contributed by atoms with van der Waals surface area (Å²) >= 11 is 5.47. The van der Waals surface area contributed by atoms with Gasteiger partial charge >= 0.3 is 12.0 Å². The highest BCUT2D eigenvalue weighted by Crippen LogP contribution is 2.21. The molecule has 0 bridgehead atoms. The summed E-state index contributed by atoms with van der Waals surface area (Å²) in [4.78, 5) is 22.4. The molecule has 1 aliphatic rings. The van der Waals surface area contributed by atoms with Gasteiger partial charge in [-0.3, -0.25) is 4.79 Å². The van der Waals surface area contributed by atoms with Crippen molar-refractivity contribution in [1.82, 2.24) is 10.6 Å². The predicted octanol–water partition coefficient (Wildman–Crippen LogP) is 1.40. The Morgan fingerprint density at radius 3 is 2.71 bits per heavy atom. The first kappa shape index (κ1) is 14.1. The van der Waals surface area contributed by atoms with Crippen molar-refractivity contribution in [3.05, 3.63) is 0 Å². The molecular weight excluding hydrogens is 244 g/mol. The summed E-state index contributed by atoms with van der Waals surface area (Å²) in [6.45, 7) is 1.82. The molecule has 2 atom stereocenters. The minimum Gasteiger partial charge on any atom is -0.460 e. The van der Waals surface area contributed by atoms with E-state index in [1.54, 1.807) is 0 Å². The van der Waals surface area contributed by atoms with Gasteiger partial charge in [-0.2, -0.15) is 0 Å². The number of amides is 2. The smallest absolute Gasteiger partial charge is 0.315 e. The van der Waals surface area contributed by atoms with Crippen molar-refractivity contribution in [2.75, 3.05) is 12.4 Å². The number of carbonyl (C=O) groups is 2. The van der Waals surface area contributed by atoms with Crippen LogP contribution >= 0.6 is 11.6 Å². The quantitative estimate of drug-likeness (QED) is 0.594. The third-order valence-corrected chi connectivity index (χ3v) is 2.91. The number of carbonyl (C=O) groups excluding carboxylic acids is 2. The average molecular weight is 263 g/mol. The molecule has 1 saturated carbocycles. The standard InChI is InChI=1S/C11H19ClN2O3/c1-8(15)17-10-5-3-2-4-9(10)14-11(16)13-7-6-12/h9-10H,2-7H2,1H3,(H2,13,14,16). The maximum absolute atomic E-state index is 11.5. The molecule has 2 unspecified atom stereocenters. The molecule has 0 aromatic heterocycles. The van der Waals surface area contributed by atoms with Gasteiger partial charge in [0, 0.05) is 19.3 Å². The van der Waals surface area contributed by atoms with E-state index in [0.29, 0.717) is 12.4 Å². The highest BCUT2D eigenvalue weighted by Gasteiger charge is 2.28. The van der Waals surface area contributed by atoms with Gasteiger partial charge in [-0.25, -0.2) is 4.79 Å². The number of rotatable bonds is 4. The topological polar surface area (TPSA) is 67.4 Å². The van der Waals surface area contributed by atoms with Crippen LogP contribution in [0.15, 0.2) is 0 Å². The Hall–Kier alpha value is -0.970. The second kappa shape index (κ2) is 7.37. The molecule has 2 N–H and O–H groups in total. The van der Waals surface area contributed by atoms with E-state index in [1.165, 1.54) is 6.92 Å². The average Bonchev–Trinajstić information content (AvgIpc) is 2.28. The monoisotopic (exact) mass is 262 g/mol. The van der Waals surface area contributed by atoms with Gasteiger partial charge in [0.2, 0.25) is 0 Å². The Kier molecular flexibility index (Phi) is 6.11. The van der Waals surface area contributed by atoms with Crippen LogP contribution in [0.2, 0.25) is 0 Å². The molecule has 6 heteroatoms. The van der Waals surface area contributed by atoms with Crippen LogP contribution in [0.5, 0.6) is 0 Å². The van der Waals surface area contributed by atoms with Crippen molar-refractivity contribution in [2.45, 2.75) is 44.8 Å². The molecule has 98 valence electrons. The summed E-state index contributed by atoms with van der Waals surface area (Å²) in [6.07, 6.45) is 3.51. The number of nitrogens with one attached hydrogen (secondary N) is 2. The Morgan fingerprint density at radius 1 is 1.35 bits per heavy atom. The number of urea groups is 1. The van der Waals surface area contributed by atoms with Gasteiger partial charge in [-0.05, 0) is 19.3 Å². The van der Waals surface area contributed by atoms with Crippen molar-refractivity contribution in [1.29, 1.82) is 0 Å². The van der Waals surface area contributed by atoms with Crippen molar-refractivity contribution < 1.29 is 14.3 Å². The molecule has 1 aliphatic carbocycles. The Labute approximate surface area is 106 Å². The van der Waals surface area contributed by atoms with Gasteiger partial charge in [0.25, 0.3) is 0 Å². The number of ether oxygens (including phenoxy) is 1. The minimum atomic E-state index is -0.301. The molecule has 0 radical (unpaired) electrons. The predicted molar refractivity (Wildman–Crippen MR) is 65.1 cm³/mol. The molecule has 0 spiro atoms. The van der Waals surface area contributed by atoms with E-state index >= 15 is 0 Å². The van der Waals surface area contributed by atoms with Gasteiger partial charge in [0.15, 0.2) is 0 Å². The second-order valence-electron chi connectivity index (χ2n) is 4.13. The zero-order chi connectivity index (χ0) is 12.7. The Bertz CT molecular complexity index is 273. The van der Waals surface area contributed by atoms with E-state index in [2.05, 4.69) is 10.6 Å². The maximum Gasteiger partial charge on any atom is 0.315 e. The van der Waals surface area contributed by atoms with Crippen molar-refractivity contribution in [2.24, 2.45) is 0 Å². The fourth-order valence-corrected chi connectivity index (χ4v) is 2.09. The normalized spacial score (nSPS) is 23.9. The second-order valence-corrected chi connectivity index (χ2v) is 4.51. The first-order valence-electron chi connectivity index (χ1n) is 5.91. The molecule has 0 aliphatic heterocycles. The SMILES string of the molecule is CC(=O)OC1CCCCC1NC(=O)NCCCl. The fourth-order valence-electron chi connectivity index (χ4n) is 2.00. The minimum absolute atomic E-state index is 0.0945. The largest absolute Gasteiger partial charge is 0.460 e. The van der Waals surface area contributed by atoms with E-state index < -0.39 is 0 Å². The lowest BCUT2D eigenvalue weighted by Gasteiger charge is -2.31.